The molecule has 0 fully saturated rings. The van der Waals surface area contributed by atoms with E-state index >= 15 is 0 Å². The van der Waals surface area contributed by atoms with Crippen molar-refractivity contribution in [1.82, 2.24) is 5.32 Å². The third-order valence-corrected chi connectivity index (χ3v) is 5.37. The van der Waals surface area contributed by atoms with Gasteiger partial charge in [-0.1, -0.05) is 18.2 Å². The maximum Gasteiger partial charge on any atom is 0.252 e. The monoisotopic (exact) mass is 382 g/mol. The average Bonchev–Trinajstić information content (AvgIpc) is 2.61. The number of carbonyl (C=O) groups excluding carboxylic acids is 2. The summed E-state index contributed by atoms with van der Waals surface area (Å²) in [6.07, 6.45) is -0.262. The Morgan fingerprint density at radius 1 is 1.04 bits per heavy atom. The molecule has 3 N–H and O–H groups in total. The minimum Gasteiger partial charge on any atom is -0.368 e. The first-order chi connectivity index (χ1) is 12.2. The molecule has 9 heteroatoms. The van der Waals surface area contributed by atoms with Crippen LogP contribution in [0, 0.1) is 11.6 Å². The van der Waals surface area contributed by atoms with Gasteiger partial charge in [0.15, 0.2) is 21.5 Å². The van der Waals surface area contributed by atoms with E-state index in [0.29, 0.717) is 6.07 Å². The van der Waals surface area contributed by atoms with Crippen molar-refractivity contribution in [2.24, 2.45) is 5.73 Å². The Morgan fingerprint density at radius 2 is 1.69 bits per heavy atom. The van der Waals surface area contributed by atoms with Gasteiger partial charge in [-0.15, -0.1) is 0 Å². The number of halogens is 2. The number of nitrogens with one attached hydrogen (secondary N) is 1. The number of nitrogens with two attached hydrogens (primary N) is 1. The van der Waals surface area contributed by atoms with Crippen LogP contribution in [0.5, 0.6) is 0 Å². The van der Waals surface area contributed by atoms with Gasteiger partial charge in [-0.3, -0.25) is 9.59 Å². The summed E-state index contributed by atoms with van der Waals surface area (Å²) in [5, 5.41) is 2.24. The van der Waals surface area contributed by atoms with Crippen LogP contribution in [0.3, 0.4) is 0 Å². The molecule has 1 atom stereocenters. The molecule has 0 aliphatic carbocycles. The molecular formula is C17H16F2N2O4S. The van der Waals surface area contributed by atoms with Crippen LogP contribution in [-0.4, -0.2) is 32.0 Å². The summed E-state index contributed by atoms with van der Waals surface area (Å²) in [6.45, 7) is 0. The molecule has 0 unspecified atom stereocenters. The Labute approximate surface area is 148 Å². The minimum atomic E-state index is -3.67. The number of primary amides is 1. The van der Waals surface area contributed by atoms with Crippen LogP contribution in [0.15, 0.2) is 53.4 Å². The second-order valence-corrected chi connectivity index (χ2v) is 7.59. The largest absolute Gasteiger partial charge is 0.368 e. The highest BCUT2D eigenvalue weighted by Crippen LogP contribution is 2.13. The molecule has 0 heterocycles. The van der Waals surface area contributed by atoms with Crippen molar-refractivity contribution < 1.29 is 26.8 Å². The Kier molecular flexibility index (Phi) is 6.04. The van der Waals surface area contributed by atoms with Gasteiger partial charge in [0, 0.05) is 5.56 Å². The quantitative estimate of drug-likeness (QED) is 0.755. The van der Waals surface area contributed by atoms with E-state index in [2.05, 4.69) is 5.32 Å². The van der Waals surface area contributed by atoms with Gasteiger partial charge in [0.05, 0.1) is 10.6 Å². The van der Waals surface area contributed by atoms with Gasteiger partial charge in [-0.25, -0.2) is 17.2 Å². The van der Waals surface area contributed by atoms with Gasteiger partial charge in [0.1, 0.15) is 6.04 Å². The zero-order valence-corrected chi connectivity index (χ0v) is 14.3. The van der Waals surface area contributed by atoms with E-state index in [-0.39, 0.29) is 16.9 Å². The first-order valence-electron chi connectivity index (χ1n) is 7.54. The summed E-state index contributed by atoms with van der Waals surface area (Å²) >= 11 is 0. The van der Waals surface area contributed by atoms with Crippen molar-refractivity contribution >= 4 is 21.7 Å². The summed E-state index contributed by atoms with van der Waals surface area (Å²) < 4.78 is 50.6. The number of hydrogen-bond acceptors (Lipinski definition) is 4. The van der Waals surface area contributed by atoms with Crippen LogP contribution in [0.25, 0.3) is 0 Å². The molecule has 0 aliphatic heterocycles. The maximum absolute atomic E-state index is 13.2. The van der Waals surface area contributed by atoms with E-state index in [1.165, 1.54) is 12.1 Å². The Hall–Kier alpha value is -2.81. The second-order valence-electron chi connectivity index (χ2n) is 5.48. The molecule has 2 aromatic carbocycles. The molecule has 138 valence electrons. The molecule has 0 spiro atoms. The molecule has 6 nitrogen and oxygen atoms in total. The third kappa shape index (κ3) is 4.85. The van der Waals surface area contributed by atoms with Gasteiger partial charge in [-0.05, 0) is 36.8 Å². The highest BCUT2D eigenvalue weighted by atomic mass is 32.2. The lowest BCUT2D eigenvalue weighted by Crippen LogP contribution is -2.45. The third-order valence-electron chi connectivity index (χ3n) is 3.61. The highest BCUT2D eigenvalue weighted by molar-refractivity contribution is 7.91. The molecular weight excluding hydrogens is 366 g/mol. The molecule has 26 heavy (non-hydrogen) atoms. The van der Waals surface area contributed by atoms with E-state index in [1.807, 2.05) is 0 Å². The highest BCUT2D eigenvalue weighted by Gasteiger charge is 2.23. The fourth-order valence-corrected chi connectivity index (χ4v) is 3.54. The summed E-state index contributed by atoms with van der Waals surface area (Å²) in [4.78, 5) is 23.7. The van der Waals surface area contributed by atoms with Gasteiger partial charge < -0.3 is 11.1 Å². The van der Waals surface area contributed by atoms with Crippen LogP contribution >= 0.6 is 0 Å². The zero-order valence-electron chi connectivity index (χ0n) is 13.5. The fourth-order valence-electron chi connectivity index (χ4n) is 2.18. The second kappa shape index (κ2) is 8.05. The van der Waals surface area contributed by atoms with E-state index in [4.69, 9.17) is 5.73 Å². The molecule has 0 aromatic heterocycles. The summed E-state index contributed by atoms with van der Waals surface area (Å²) in [5.41, 5.74) is 4.98. The van der Waals surface area contributed by atoms with Crippen molar-refractivity contribution in [3.05, 3.63) is 65.7 Å². The molecule has 0 radical (unpaired) electrons. The molecule has 2 amide bonds. The minimum absolute atomic E-state index is 0.0788. The van der Waals surface area contributed by atoms with Gasteiger partial charge in [-0.2, -0.15) is 0 Å². The summed E-state index contributed by atoms with van der Waals surface area (Å²) in [7, 11) is -3.67. The molecule has 0 saturated carbocycles. The normalized spacial score (nSPS) is 12.4. The van der Waals surface area contributed by atoms with Crippen molar-refractivity contribution in [3.63, 3.8) is 0 Å². The lowest BCUT2D eigenvalue weighted by Gasteiger charge is -2.15. The van der Waals surface area contributed by atoms with E-state index in [9.17, 15) is 26.8 Å². The van der Waals surface area contributed by atoms with Crippen LogP contribution in [0.2, 0.25) is 0 Å². The maximum atomic E-state index is 13.2. The lowest BCUT2D eigenvalue weighted by molar-refractivity contribution is -0.119. The van der Waals surface area contributed by atoms with Crippen molar-refractivity contribution in [2.75, 3.05) is 5.75 Å². The smallest absolute Gasteiger partial charge is 0.252 e. The van der Waals surface area contributed by atoms with Crippen LogP contribution in [0.4, 0.5) is 8.78 Å². The van der Waals surface area contributed by atoms with E-state index in [0.717, 1.165) is 12.1 Å². The Balaban J connectivity index is 2.08. The number of carbonyl (C=O) groups is 2. The predicted molar refractivity (Wildman–Crippen MR) is 89.9 cm³/mol. The Bertz CT molecular complexity index is 918. The standard InChI is InChI=1S/C17H16F2N2O4S/c18-13-7-6-11(10-14(13)19)17(23)21-15(16(20)22)8-9-26(24,25)12-4-2-1-3-5-12/h1-7,10,15H,8-9H2,(H2,20,22)(H,21,23)/t15-/m0/s1. The van der Waals surface area contributed by atoms with E-state index in [1.54, 1.807) is 18.2 Å². The molecule has 2 rings (SSSR count). The fraction of sp³-hybridized carbons (Fsp3) is 0.176. The van der Waals surface area contributed by atoms with Crippen molar-refractivity contribution in [2.45, 2.75) is 17.4 Å². The molecule has 0 aliphatic rings. The zero-order chi connectivity index (χ0) is 19.3. The van der Waals surface area contributed by atoms with Gasteiger partial charge >= 0.3 is 0 Å². The SMILES string of the molecule is NC(=O)[C@H](CCS(=O)(=O)c1ccccc1)NC(=O)c1ccc(F)c(F)c1. The molecule has 0 bridgehead atoms. The first-order valence-corrected chi connectivity index (χ1v) is 9.19. The van der Waals surface area contributed by atoms with Crippen molar-refractivity contribution in [1.29, 1.82) is 0 Å². The van der Waals surface area contributed by atoms with Crippen molar-refractivity contribution in [3.8, 4) is 0 Å². The number of amides is 2. The van der Waals surface area contributed by atoms with Gasteiger partial charge in [0.2, 0.25) is 5.91 Å². The Morgan fingerprint density at radius 3 is 2.27 bits per heavy atom. The number of benzene rings is 2. The first kappa shape index (κ1) is 19.5. The topological polar surface area (TPSA) is 106 Å². The summed E-state index contributed by atoms with van der Waals surface area (Å²) in [6, 6.07) is 8.79. The predicted octanol–water partition coefficient (Wildman–Crippen LogP) is 1.41. The van der Waals surface area contributed by atoms with Gasteiger partial charge in [0.25, 0.3) is 5.91 Å². The molecule has 2 aromatic rings. The average molecular weight is 382 g/mol. The lowest BCUT2D eigenvalue weighted by atomic mass is 10.1. The van der Waals surface area contributed by atoms with Crippen LogP contribution in [0.1, 0.15) is 16.8 Å². The number of rotatable bonds is 7. The summed E-state index contributed by atoms with van der Waals surface area (Å²) in [5.74, 6) is -4.58. The number of sulfone groups is 1. The number of hydrogen-bond donors (Lipinski definition) is 2. The molecule has 0 saturated heterocycles. The van der Waals surface area contributed by atoms with Crippen LogP contribution < -0.4 is 11.1 Å². The van der Waals surface area contributed by atoms with Crippen LogP contribution in [-0.2, 0) is 14.6 Å². The van der Waals surface area contributed by atoms with E-state index < -0.39 is 45.1 Å².